The molecule has 0 spiro atoms. The van der Waals surface area contributed by atoms with Crippen LogP contribution in [0.5, 0.6) is 11.5 Å². The molecule has 0 bridgehead atoms. The number of hydrogen-bond acceptors (Lipinski definition) is 7. The van der Waals surface area contributed by atoms with Crippen LogP contribution >= 0.6 is 0 Å². The molecule has 0 aliphatic rings. The Morgan fingerprint density at radius 3 is 2.66 bits per heavy atom. The van der Waals surface area contributed by atoms with Crippen LogP contribution in [0, 0.1) is 6.92 Å². The first-order chi connectivity index (χ1) is 16.7. The van der Waals surface area contributed by atoms with Gasteiger partial charge in [-0.2, -0.15) is 0 Å². The number of ether oxygens (including phenoxy) is 1. The Labute approximate surface area is 200 Å². The van der Waals surface area contributed by atoms with Gasteiger partial charge in [-0.15, -0.1) is 0 Å². The molecule has 2 aromatic carbocycles. The van der Waals surface area contributed by atoms with Crippen molar-refractivity contribution in [3.05, 3.63) is 69.7 Å². The van der Waals surface area contributed by atoms with Crippen LogP contribution in [0.15, 0.2) is 51.8 Å². The third-order valence-electron chi connectivity index (χ3n) is 6.03. The first-order valence-electron chi connectivity index (χ1n) is 11.2. The highest BCUT2D eigenvalue weighted by molar-refractivity contribution is 5.89. The minimum absolute atomic E-state index is 0.0436. The average molecular weight is 477 g/mol. The standard InChI is InChI=1S/C26H26N2O7/c1-4-15-10-23(30)35-24-13(2)22(8-6-18(15)24)34-14(3)25(31)28-21(26(32)33)9-16-12-27-20-7-5-17(29)11-19(16)20/h5-8,10-12,14,21,27,29H,4,9H2,1-3H3,(H,28,31)(H,32,33)/p-1/t14-,21+/m1/s1. The highest BCUT2D eigenvalue weighted by Gasteiger charge is 2.23. The fraction of sp³-hybridized carbons (Fsp3) is 0.269. The van der Waals surface area contributed by atoms with E-state index in [0.717, 1.165) is 16.5 Å². The number of aromatic amines is 1. The van der Waals surface area contributed by atoms with Gasteiger partial charge >= 0.3 is 5.63 Å². The lowest BCUT2D eigenvalue weighted by Gasteiger charge is -2.23. The Morgan fingerprint density at radius 1 is 1.17 bits per heavy atom. The molecule has 9 nitrogen and oxygen atoms in total. The monoisotopic (exact) mass is 477 g/mol. The second kappa shape index (κ2) is 9.54. The van der Waals surface area contributed by atoms with E-state index < -0.39 is 29.6 Å². The molecule has 4 rings (SSSR count). The molecule has 1 amide bonds. The van der Waals surface area contributed by atoms with Crippen molar-refractivity contribution in [3.63, 3.8) is 0 Å². The first kappa shape index (κ1) is 23.9. The summed E-state index contributed by atoms with van der Waals surface area (Å²) in [5.41, 5.74) is 2.65. The smallest absolute Gasteiger partial charge is 0.336 e. The van der Waals surface area contributed by atoms with E-state index in [1.165, 1.54) is 25.1 Å². The van der Waals surface area contributed by atoms with E-state index in [4.69, 9.17) is 9.15 Å². The van der Waals surface area contributed by atoms with Gasteiger partial charge in [0.15, 0.2) is 6.10 Å². The summed E-state index contributed by atoms with van der Waals surface area (Å²) < 4.78 is 11.2. The Morgan fingerprint density at radius 2 is 1.94 bits per heavy atom. The van der Waals surface area contributed by atoms with E-state index in [9.17, 15) is 24.6 Å². The largest absolute Gasteiger partial charge is 0.548 e. The summed E-state index contributed by atoms with van der Waals surface area (Å²) >= 11 is 0. The zero-order chi connectivity index (χ0) is 25.3. The number of aryl methyl sites for hydroxylation is 2. The molecule has 0 fully saturated rings. The maximum atomic E-state index is 12.8. The van der Waals surface area contributed by atoms with Gasteiger partial charge in [-0.05, 0) is 61.7 Å². The Bertz CT molecular complexity index is 1480. The van der Waals surface area contributed by atoms with Crippen LogP contribution in [0.1, 0.15) is 30.5 Å². The number of hydrogen-bond donors (Lipinski definition) is 3. The van der Waals surface area contributed by atoms with Gasteiger partial charge in [0.1, 0.15) is 17.1 Å². The molecule has 4 aromatic rings. The van der Waals surface area contributed by atoms with Gasteiger partial charge < -0.3 is 34.5 Å². The third kappa shape index (κ3) is 4.84. The number of aromatic hydroxyl groups is 1. The SMILES string of the molecule is CCc1cc(=O)oc2c(C)c(O[C@H](C)C(=O)N[C@@H](Cc3c[nH]c4ccc(O)cc34)C(=O)[O-])ccc12. The van der Waals surface area contributed by atoms with Crippen LogP contribution in [0.2, 0.25) is 0 Å². The number of carbonyl (C=O) groups is 2. The van der Waals surface area contributed by atoms with Crippen LogP contribution in [0.25, 0.3) is 21.9 Å². The predicted molar refractivity (Wildman–Crippen MR) is 127 cm³/mol. The first-order valence-corrected chi connectivity index (χ1v) is 11.2. The number of benzene rings is 2. The number of nitrogens with one attached hydrogen (secondary N) is 2. The number of carboxylic acids is 1. The molecular formula is C26H25N2O7-. The van der Waals surface area contributed by atoms with Crippen LogP contribution in [0.3, 0.4) is 0 Å². The summed E-state index contributed by atoms with van der Waals surface area (Å²) in [4.78, 5) is 39.5. The van der Waals surface area contributed by atoms with Gasteiger partial charge in [-0.3, -0.25) is 4.79 Å². The van der Waals surface area contributed by atoms with Gasteiger partial charge in [0.2, 0.25) is 0 Å². The van der Waals surface area contributed by atoms with Crippen molar-refractivity contribution in [2.75, 3.05) is 0 Å². The Kier molecular flexibility index (Phi) is 6.50. The molecule has 2 atom stereocenters. The molecule has 182 valence electrons. The van der Waals surface area contributed by atoms with E-state index in [1.54, 1.807) is 31.3 Å². The van der Waals surface area contributed by atoms with Crippen LogP contribution in [-0.4, -0.2) is 34.1 Å². The van der Waals surface area contributed by atoms with Crippen molar-refractivity contribution < 1.29 is 29.0 Å². The third-order valence-corrected chi connectivity index (χ3v) is 6.03. The van der Waals surface area contributed by atoms with Crippen LogP contribution in [-0.2, 0) is 22.4 Å². The van der Waals surface area contributed by atoms with Gasteiger partial charge in [0, 0.05) is 40.5 Å². The molecule has 3 N–H and O–H groups in total. The average Bonchev–Trinajstić information content (AvgIpc) is 3.21. The zero-order valence-electron chi connectivity index (χ0n) is 19.5. The number of fused-ring (bicyclic) bond motifs is 2. The summed E-state index contributed by atoms with van der Waals surface area (Å²) in [6.45, 7) is 5.15. The summed E-state index contributed by atoms with van der Waals surface area (Å²) in [5.74, 6) is -1.71. The molecule has 9 heteroatoms. The molecule has 0 aliphatic carbocycles. The minimum atomic E-state index is -1.45. The number of carbonyl (C=O) groups excluding carboxylic acids is 2. The summed E-state index contributed by atoms with van der Waals surface area (Å²) in [7, 11) is 0. The van der Waals surface area contributed by atoms with Gasteiger partial charge in [0.05, 0.1) is 12.0 Å². The Hall–Kier alpha value is -4.27. The number of aliphatic carboxylic acids is 1. The van der Waals surface area contributed by atoms with Crippen molar-refractivity contribution in [1.29, 1.82) is 0 Å². The lowest BCUT2D eigenvalue weighted by atomic mass is 10.0. The number of aromatic nitrogens is 1. The summed E-state index contributed by atoms with van der Waals surface area (Å²) in [6, 6.07) is 8.30. The van der Waals surface area contributed by atoms with Crippen molar-refractivity contribution in [1.82, 2.24) is 10.3 Å². The second-order valence-electron chi connectivity index (χ2n) is 8.40. The van der Waals surface area contributed by atoms with E-state index in [2.05, 4.69) is 10.3 Å². The molecular weight excluding hydrogens is 452 g/mol. The van der Waals surface area contributed by atoms with Crippen molar-refractivity contribution in [2.45, 2.75) is 45.8 Å². The van der Waals surface area contributed by atoms with Crippen molar-refractivity contribution in [3.8, 4) is 11.5 Å². The van der Waals surface area contributed by atoms with Gasteiger partial charge in [-0.1, -0.05) is 6.92 Å². The fourth-order valence-corrected chi connectivity index (χ4v) is 4.11. The normalized spacial score (nSPS) is 13.0. The van der Waals surface area contributed by atoms with Gasteiger partial charge in [0.25, 0.3) is 5.91 Å². The predicted octanol–water partition coefficient (Wildman–Crippen LogP) is 2.10. The number of rotatable bonds is 8. The zero-order valence-corrected chi connectivity index (χ0v) is 19.5. The molecule has 0 unspecified atom stereocenters. The lowest BCUT2D eigenvalue weighted by Crippen LogP contribution is -2.52. The fourth-order valence-electron chi connectivity index (χ4n) is 4.11. The number of amides is 1. The molecule has 2 aromatic heterocycles. The molecule has 35 heavy (non-hydrogen) atoms. The second-order valence-corrected chi connectivity index (χ2v) is 8.40. The quantitative estimate of drug-likeness (QED) is 0.330. The van der Waals surface area contributed by atoms with E-state index in [1.807, 2.05) is 6.92 Å². The Balaban J connectivity index is 1.52. The van der Waals surface area contributed by atoms with Crippen molar-refractivity contribution in [2.24, 2.45) is 0 Å². The molecule has 0 aliphatic heterocycles. The molecule has 0 saturated heterocycles. The van der Waals surface area contributed by atoms with Crippen molar-refractivity contribution >= 4 is 33.7 Å². The highest BCUT2D eigenvalue weighted by Crippen LogP contribution is 2.29. The summed E-state index contributed by atoms with van der Waals surface area (Å²) in [5, 5.41) is 25.4. The number of H-pyrrole nitrogens is 1. The summed E-state index contributed by atoms with van der Waals surface area (Å²) in [6.07, 6.45) is 1.19. The molecule has 2 heterocycles. The minimum Gasteiger partial charge on any atom is -0.548 e. The van der Waals surface area contributed by atoms with Crippen LogP contribution < -0.4 is 20.8 Å². The maximum Gasteiger partial charge on any atom is 0.336 e. The van der Waals surface area contributed by atoms with E-state index in [-0.39, 0.29) is 12.2 Å². The highest BCUT2D eigenvalue weighted by atomic mass is 16.5. The van der Waals surface area contributed by atoms with E-state index in [0.29, 0.717) is 34.3 Å². The lowest BCUT2D eigenvalue weighted by molar-refractivity contribution is -0.308. The van der Waals surface area contributed by atoms with Crippen LogP contribution in [0.4, 0.5) is 0 Å². The van der Waals surface area contributed by atoms with E-state index >= 15 is 0 Å². The maximum absolute atomic E-state index is 12.8. The molecule has 0 saturated carbocycles. The number of phenols is 1. The number of phenolic OH excluding ortho intramolecular Hbond substituents is 1. The molecule has 0 radical (unpaired) electrons. The van der Waals surface area contributed by atoms with Gasteiger partial charge in [-0.25, -0.2) is 4.79 Å². The topological polar surface area (TPSA) is 145 Å². The number of carboxylic acid groups (broad SMARTS) is 1.